The van der Waals surface area contributed by atoms with Crippen molar-refractivity contribution in [2.45, 2.75) is 19.8 Å². The average Bonchev–Trinajstić information content (AvgIpc) is 2.05. The van der Waals surface area contributed by atoms with Crippen LogP contribution in [0.15, 0.2) is 12.2 Å². The summed E-state index contributed by atoms with van der Waals surface area (Å²) in [4.78, 5) is 2.47. The van der Waals surface area contributed by atoms with Crippen LogP contribution in [0.4, 0.5) is 0 Å². The van der Waals surface area contributed by atoms with Gasteiger partial charge in [0.05, 0.1) is 0 Å². The molecule has 0 aromatic carbocycles. The normalized spacial score (nSPS) is 21.2. The Bertz CT molecular complexity index is 146. The van der Waals surface area contributed by atoms with Crippen LogP contribution >= 0.6 is 0 Å². The molecule has 2 N–H and O–H groups in total. The number of hydrogen-bond acceptors (Lipinski definition) is 2. The summed E-state index contributed by atoms with van der Waals surface area (Å²) < 4.78 is 0. The Morgan fingerprint density at radius 2 is 2.08 bits per heavy atom. The SMILES string of the molecule is C=C(C)CN1CCC(CN)CC1. The first-order chi connectivity index (χ1) is 5.72. The van der Waals surface area contributed by atoms with Crippen molar-refractivity contribution >= 4 is 0 Å². The molecule has 0 bridgehead atoms. The van der Waals surface area contributed by atoms with Gasteiger partial charge in [0.25, 0.3) is 0 Å². The predicted octanol–water partition coefficient (Wildman–Crippen LogP) is 1.23. The molecule has 1 saturated heterocycles. The number of rotatable bonds is 3. The van der Waals surface area contributed by atoms with Crippen molar-refractivity contribution in [1.29, 1.82) is 0 Å². The van der Waals surface area contributed by atoms with E-state index in [1.807, 2.05) is 0 Å². The molecule has 0 aromatic rings. The molecule has 1 heterocycles. The maximum atomic E-state index is 5.61. The van der Waals surface area contributed by atoms with E-state index in [9.17, 15) is 0 Å². The molecule has 1 rings (SSSR count). The fourth-order valence-electron chi connectivity index (χ4n) is 1.76. The van der Waals surface area contributed by atoms with E-state index < -0.39 is 0 Å². The van der Waals surface area contributed by atoms with E-state index in [2.05, 4.69) is 18.4 Å². The van der Waals surface area contributed by atoms with Gasteiger partial charge in [-0.15, -0.1) is 0 Å². The highest BCUT2D eigenvalue weighted by molar-refractivity contribution is 4.92. The molecule has 0 saturated carbocycles. The lowest BCUT2D eigenvalue weighted by Crippen LogP contribution is -2.36. The van der Waals surface area contributed by atoms with Gasteiger partial charge in [0.1, 0.15) is 0 Å². The van der Waals surface area contributed by atoms with E-state index >= 15 is 0 Å². The molecule has 2 nitrogen and oxygen atoms in total. The quantitative estimate of drug-likeness (QED) is 0.642. The second kappa shape index (κ2) is 4.63. The average molecular weight is 168 g/mol. The Balaban J connectivity index is 2.21. The molecule has 0 unspecified atom stereocenters. The maximum absolute atomic E-state index is 5.61. The number of hydrogen-bond donors (Lipinski definition) is 1. The van der Waals surface area contributed by atoms with Gasteiger partial charge in [-0.2, -0.15) is 0 Å². The van der Waals surface area contributed by atoms with E-state index in [1.165, 1.54) is 31.5 Å². The number of nitrogens with two attached hydrogens (primary N) is 1. The first kappa shape index (κ1) is 9.75. The van der Waals surface area contributed by atoms with Gasteiger partial charge in [0.2, 0.25) is 0 Å². The largest absolute Gasteiger partial charge is 0.330 e. The second-order valence-corrected chi connectivity index (χ2v) is 3.91. The fourth-order valence-corrected chi connectivity index (χ4v) is 1.76. The number of nitrogens with zero attached hydrogens (tertiary/aromatic N) is 1. The minimum atomic E-state index is 0.770. The third kappa shape index (κ3) is 2.95. The Morgan fingerprint density at radius 3 is 2.50 bits per heavy atom. The first-order valence-electron chi connectivity index (χ1n) is 4.79. The monoisotopic (exact) mass is 168 g/mol. The smallest absolute Gasteiger partial charge is 0.0187 e. The lowest BCUT2D eigenvalue weighted by molar-refractivity contribution is 0.201. The molecule has 2 heteroatoms. The van der Waals surface area contributed by atoms with Gasteiger partial charge in [-0.1, -0.05) is 12.2 Å². The van der Waals surface area contributed by atoms with Crippen molar-refractivity contribution in [3.05, 3.63) is 12.2 Å². The summed E-state index contributed by atoms with van der Waals surface area (Å²) in [7, 11) is 0. The Hall–Kier alpha value is -0.340. The van der Waals surface area contributed by atoms with Crippen molar-refractivity contribution in [2.75, 3.05) is 26.2 Å². The first-order valence-corrected chi connectivity index (χ1v) is 4.79. The van der Waals surface area contributed by atoms with E-state index in [0.717, 1.165) is 19.0 Å². The zero-order chi connectivity index (χ0) is 8.97. The van der Waals surface area contributed by atoms with Gasteiger partial charge in [-0.05, 0) is 45.3 Å². The lowest BCUT2D eigenvalue weighted by atomic mass is 9.97. The van der Waals surface area contributed by atoms with Crippen LogP contribution in [0.3, 0.4) is 0 Å². The number of piperidine rings is 1. The highest BCUT2D eigenvalue weighted by Gasteiger charge is 2.17. The van der Waals surface area contributed by atoms with E-state index in [-0.39, 0.29) is 0 Å². The molecular weight excluding hydrogens is 148 g/mol. The van der Waals surface area contributed by atoms with Crippen LogP contribution in [-0.2, 0) is 0 Å². The van der Waals surface area contributed by atoms with E-state index in [0.29, 0.717) is 0 Å². The van der Waals surface area contributed by atoms with Crippen LogP contribution in [0.25, 0.3) is 0 Å². The molecule has 1 fully saturated rings. The van der Waals surface area contributed by atoms with Crippen LogP contribution in [0.5, 0.6) is 0 Å². The Labute approximate surface area is 75.4 Å². The lowest BCUT2D eigenvalue weighted by Gasteiger charge is -2.31. The minimum Gasteiger partial charge on any atom is -0.330 e. The predicted molar refractivity (Wildman–Crippen MR) is 53.0 cm³/mol. The van der Waals surface area contributed by atoms with Gasteiger partial charge in [0.15, 0.2) is 0 Å². The van der Waals surface area contributed by atoms with Crippen molar-refractivity contribution < 1.29 is 0 Å². The fraction of sp³-hybridized carbons (Fsp3) is 0.800. The Kier molecular flexibility index (Phi) is 3.76. The highest BCUT2D eigenvalue weighted by atomic mass is 15.1. The van der Waals surface area contributed by atoms with E-state index in [4.69, 9.17) is 5.73 Å². The minimum absolute atomic E-state index is 0.770. The van der Waals surface area contributed by atoms with Crippen molar-refractivity contribution in [3.8, 4) is 0 Å². The summed E-state index contributed by atoms with van der Waals surface area (Å²) in [5, 5.41) is 0. The highest BCUT2D eigenvalue weighted by Crippen LogP contribution is 2.15. The van der Waals surface area contributed by atoms with Gasteiger partial charge >= 0.3 is 0 Å². The van der Waals surface area contributed by atoms with Crippen LogP contribution < -0.4 is 5.73 Å². The molecule has 0 spiro atoms. The molecule has 0 radical (unpaired) electrons. The van der Waals surface area contributed by atoms with Crippen LogP contribution in [0.2, 0.25) is 0 Å². The zero-order valence-corrected chi connectivity index (χ0v) is 8.05. The molecule has 12 heavy (non-hydrogen) atoms. The summed E-state index contributed by atoms with van der Waals surface area (Å²) in [6.45, 7) is 10.3. The molecular formula is C10H20N2. The van der Waals surface area contributed by atoms with Crippen molar-refractivity contribution in [2.24, 2.45) is 11.7 Å². The molecule has 70 valence electrons. The van der Waals surface area contributed by atoms with Crippen LogP contribution in [0.1, 0.15) is 19.8 Å². The maximum Gasteiger partial charge on any atom is 0.0187 e. The van der Waals surface area contributed by atoms with Crippen molar-refractivity contribution in [1.82, 2.24) is 4.90 Å². The second-order valence-electron chi connectivity index (χ2n) is 3.91. The summed E-state index contributed by atoms with van der Waals surface area (Å²) in [5.41, 5.74) is 6.88. The van der Waals surface area contributed by atoms with E-state index in [1.54, 1.807) is 0 Å². The van der Waals surface area contributed by atoms with Gasteiger partial charge in [-0.25, -0.2) is 0 Å². The van der Waals surface area contributed by atoms with Gasteiger partial charge in [-0.3, -0.25) is 4.90 Å². The standard InChI is InChI=1S/C10H20N2/c1-9(2)8-12-5-3-10(7-11)4-6-12/h10H,1,3-8,11H2,2H3. The third-order valence-electron chi connectivity index (χ3n) is 2.53. The molecule has 0 amide bonds. The van der Waals surface area contributed by atoms with Crippen LogP contribution in [0, 0.1) is 5.92 Å². The summed E-state index contributed by atoms with van der Waals surface area (Å²) in [5.74, 6) is 0.770. The molecule has 1 aliphatic rings. The van der Waals surface area contributed by atoms with Crippen molar-refractivity contribution in [3.63, 3.8) is 0 Å². The number of likely N-dealkylation sites (tertiary alicyclic amines) is 1. The summed E-state index contributed by atoms with van der Waals surface area (Å²) >= 11 is 0. The molecule has 0 aromatic heterocycles. The molecule has 0 atom stereocenters. The molecule has 1 aliphatic heterocycles. The zero-order valence-electron chi connectivity index (χ0n) is 8.05. The molecule has 0 aliphatic carbocycles. The summed E-state index contributed by atoms with van der Waals surface area (Å²) in [6, 6.07) is 0. The topological polar surface area (TPSA) is 29.3 Å². The Morgan fingerprint density at radius 1 is 1.50 bits per heavy atom. The van der Waals surface area contributed by atoms with Gasteiger partial charge in [0, 0.05) is 6.54 Å². The third-order valence-corrected chi connectivity index (χ3v) is 2.53. The summed E-state index contributed by atoms with van der Waals surface area (Å²) in [6.07, 6.45) is 2.54. The van der Waals surface area contributed by atoms with Crippen LogP contribution in [-0.4, -0.2) is 31.1 Å². The van der Waals surface area contributed by atoms with Gasteiger partial charge < -0.3 is 5.73 Å².